The molecule has 5 nitrogen and oxygen atoms in total. The average molecular weight is 372 g/mol. The highest BCUT2D eigenvalue weighted by Gasteiger charge is 2.21. The molecule has 26 heavy (non-hydrogen) atoms. The lowest BCUT2D eigenvalue weighted by Crippen LogP contribution is -2.41. The zero-order valence-corrected chi connectivity index (χ0v) is 16.2. The summed E-state index contributed by atoms with van der Waals surface area (Å²) in [6.45, 7) is 8.33. The Morgan fingerprint density at radius 3 is 2.62 bits per heavy atom. The monoisotopic (exact) mass is 372 g/mol. The number of morpholine rings is 1. The third-order valence-electron chi connectivity index (χ3n) is 4.74. The number of anilines is 1. The number of aryl methyl sites for hydroxylation is 2. The van der Waals surface area contributed by atoms with Gasteiger partial charge in [0.2, 0.25) is 0 Å². The van der Waals surface area contributed by atoms with E-state index >= 15 is 0 Å². The number of hydrogen-bond acceptors (Lipinski definition) is 4. The van der Waals surface area contributed by atoms with Crippen molar-refractivity contribution in [1.82, 2.24) is 4.90 Å². The quantitative estimate of drug-likeness (QED) is 0.891. The summed E-state index contributed by atoms with van der Waals surface area (Å²) in [6.07, 6.45) is 0.915. The fourth-order valence-corrected chi connectivity index (χ4v) is 4.12. The number of thiophene rings is 1. The number of benzene rings is 1. The molecule has 0 radical (unpaired) electrons. The van der Waals surface area contributed by atoms with Gasteiger partial charge in [-0.05, 0) is 49.6 Å². The number of hydrogen-bond donors (Lipinski definition) is 1. The highest BCUT2D eigenvalue weighted by atomic mass is 32.1. The van der Waals surface area contributed by atoms with Gasteiger partial charge < -0.3 is 15.0 Å². The molecule has 1 saturated heterocycles. The van der Waals surface area contributed by atoms with Crippen LogP contribution in [0.25, 0.3) is 0 Å². The minimum atomic E-state index is -0.128. The lowest BCUT2D eigenvalue weighted by Gasteiger charge is -2.27. The smallest absolute Gasteiger partial charge is 0.265 e. The van der Waals surface area contributed by atoms with Crippen molar-refractivity contribution < 1.29 is 14.3 Å². The second-order valence-electron chi connectivity index (χ2n) is 6.38. The SMILES string of the molecule is CCc1cc(C(=O)Nc2cccc(C(=O)N3CCOCC3)c2C)sc1C. The number of carbonyl (C=O) groups excluding carboxylic acids is 2. The largest absolute Gasteiger partial charge is 0.378 e. The van der Waals surface area contributed by atoms with Gasteiger partial charge in [0.05, 0.1) is 18.1 Å². The van der Waals surface area contributed by atoms with Crippen LogP contribution in [-0.4, -0.2) is 43.0 Å². The van der Waals surface area contributed by atoms with E-state index in [2.05, 4.69) is 12.2 Å². The zero-order valence-electron chi connectivity index (χ0n) is 15.4. The molecule has 0 bridgehead atoms. The van der Waals surface area contributed by atoms with E-state index < -0.39 is 0 Å². The van der Waals surface area contributed by atoms with Gasteiger partial charge in [0.25, 0.3) is 11.8 Å². The van der Waals surface area contributed by atoms with Crippen molar-refractivity contribution in [3.8, 4) is 0 Å². The van der Waals surface area contributed by atoms with Crippen LogP contribution in [0.2, 0.25) is 0 Å². The van der Waals surface area contributed by atoms with Crippen LogP contribution in [-0.2, 0) is 11.2 Å². The first kappa shape index (κ1) is 18.6. The predicted molar refractivity (Wildman–Crippen MR) is 104 cm³/mol. The van der Waals surface area contributed by atoms with Crippen molar-refractivity contribution >= 4 is 28.8 Å². The molecule has 2 amide bonds. The fraction of sp³-hybridized carbons (Fsp3) is 0.400. The summed E-state index contributed by atoms with van der Waals surface area (Å²) in [6, 6.07) is 7.42. The molecule has 3 rings (SSSR count). The number of rotatable bonds is 4. The molecule has 0 atom stereocenters. The average Bonchev–Trinajstić information content (AvgIpc) is 3.04. The van der Waals surface area contributed by atoms with E-state index in [1.54, 1.807) is 4.90 Å². The molecule has 0 spiro atoms. The summed E-state index contributed by atoms with van der Waals surface area (Å²) < 4.78 is 5.31. The molecule has 1 N–H and O–H groups in total. The van der Waals surface area contributed by atoms with Gasteiger partial charge in [-0.15, -0.1) is 11.3 Å². The first-order chi connectivity index (χ1) is 12.5. The van der Waals surface area contributed by atoms with Crippen LogP contribution >= 0.6 is 11.3 Å². The van der Waals surface area contributed by atoms with Crippen molar-refractivity contribution in [2.24, 2.45) is 0 Å². The molecule has 1 aromatic carbocycles. The van der Waals surface area contributed by atoms with E-state index in [1.807, 2.05) is 38.1 Å². The maximum Gasteiger partial charge on any atom is 0.265 e. The number of nitrogens with zero attached hydrogens (tertiary/aromatic N) is 1. The Morgan fingerprint density at radius 2 is 1.96 bits per heavy atom. The van der Waals surface area contributed by atoms with Crippen LogP contribution in [0.15, 0.2) is 24.3 Å². The molecule has 2 aromatic rings. The van der Waals surface area contributed by atoms with E-state index in [0.717, 1.165) is 12.0 Å². The summed E-state index contributed by atoms with van der Waals surface area (Å²) in [5.41, 5.74) is 3.30. The van der Waals surface area contributed by atoms with E-state index in [4.69, 9.17) is 4.74 Å². The van der Waals surface area contributed by atoms with Crippen LogP contribution in [0.1, 0.15) is 43.0 Å². The molecular weight excluding hydrogens is 348 g/mol. The Morgan fingerprint density at radius 1 is 1.23 bits per heavy atom. The maximum absolute atomic E-state index is 12.8. The molecule has 1 aromatic heterocycles. The van der Waals surface area contributed by atoms with Crippen LogP contribution < -0.4 is 5.32 Å². The van der Waals surface area contributed by atoms with Gasteiger partial charge >= 0.3 is 0 Å². The van der Waals surface area contributed by atoms with Crippen molar-refractivity contribution in [3.63, 3.8) is 0 Å². The fourth-order valence-electron chi connectivity index (χ4n) is 3.11. The van der Waals surface area contributed by atoms with E-state index in [9.17, 15) is 9.59 Å². The molecule has 0 aliphatic carbocycles. The van der Waals surface area contributed by atoms with Gasteiger partial charge in [-0.2, -0.15) is 0 Å². The summed E-state index contributed by atoms with van der Waals surface area (Å²) in [5.74, 6) is -0.140. The molecule has 1 aliphatic heterocycles. The lowest BCUT2D eigenvalue weighted by atomic mass is 10.0. The Balaban J connectivity index is 1.80. The Hall–Kier alpha value is -2.18. The third kappa shape index (κ3) is 3.81. The summed E-state index contributed by atoms with van der Waals surface area (Å²) in [4.78, 5) is 29.1. The second-order valence-corrected chi connectivity index (χ2v) is 7.64. The highest BCUT2D eigenvalue weighted by molar-refractivity contribution is 7.14. The minimum absolute atomic E-state index is 0.0119. The van der Waals surface area contributed by atoms with Gasteiger partial charge in [-0.25, -0.2) is 0 Å². The normalized spacial score (nSPS) is 14.3. The van der Waals surface area contributed by atoms with Crippen LogP contribution in [0, 0.1) is 13.8 Å². The van der Waals surface area contributed by atoms with Crippen molar-refractivity contribution in [2.45, 2.75) is 27.2 Å². The standard InChI is InChI=1S/C20H24N2O3S/c1-4-15-12-18(26-14(15)3)19(23)21-17-7-5-6-16(13(17)2)20(24)22-8-10-25-11-9-22/h5-7,12H,4,8-11H2,1-3H3,(H,21,23). The predicted octanol–water partition coefficient (Wildman–Crippen LogP) is 3.65. The molecule has 0 saturated carbocycles. The topological polar surface area (TPSA) is 58.6 Å². The second kappa shape index (κ2) is 8.01. The van der Waals surface area contributed by atoms with E-state index in [0.29, 0.717) is 42.4 Å². The van der Waals surface area contributed by atoms with Crippen LogP contribution in [0.5, 0.6) is 0 Å². The number of nitrogens with one attached hydrogen (secondary N) is 1. The Labute approximate surface area is 158 Å². The van der Waals surface area contributed by atoms with Gasteiger partial charge in [-0.3, -0.25) is 9.59 Å². The highest BCUT2D eigenvalue weighted by Crippen LogP contribution is 2.25. The summed E-state index contributed by atoms with van der Waals surface area (Å²) >= 11 is 1.50. The van der Waals surface area contributed by atoms with Gasteiger partial charge in [0.15, 0.2) is 0 Å². The minimum Gasteiger partial charge on any atom is -0.378 e. The first-order valence-corrected chi connectivity index (χ1v) is 9.70. The summed E-state index contributed by atoms with van der Waals surface area (Å²) in [7, 11) is 0. The van der Waals surface area contributed by atoms with Crippen molar-refractivity contribution in [3.05, 3.63) is 50.7 Å². The zero-order chi connectivity index (χ0) is 18.7. The van der Waals surface area contributed by atoms with E-state index in [-0.39, 0.29) is 11.8 Å². The number of amides is 2. The lowest BCUT2D eigenvalue weighted by molar-refractivity contribution is 0.0302. The van der Waals surface area contributed by atoms with Gasteiger partial charge in [0, 0.05) is 29.2 Å². The molecule has 1 fully saturated rings. The first-order valence-electron chi connectivity index (χ1n) is 8.88. The third-order valence-corrected chi connectivity index (χ3v) is 5.83. The molecule has 1 aliphatic rings. The molecule has 138 valence electrons. The van der Waals surface area contributed by atoms with Crippen molar-refractivity contribution in [1.29, 1.82) is 0 Å². The number of carbonyl (C=O) groups is 2. The molecule has 0 unspecified atom stereocenters. The molecule has 6 heteroatoms. The van der Waals surface area contributed by atoms with Gasteiger partial charge in [-0.1, -0.05) is 13.0 Å². The van der Waals surface area contributed by atoms with Crippen molar-refractivity contribution in [2.75, 3.05) is 31.6 Å². The Bertz CT molecular complexity index is 822. The Kier molecular flexibility index (Phi) is 5.74. The molecule has 2 heterocycles. The molecular formula is C20H24N2O3S. The van der Waals surface area contributed by atoms with Crippen LogP contribution in [0.4, 0.5) is 5.69 Å². The van der Waals surface area contributed by atoms with E-state index in [1.165, 1.54) is 21.8 Å². The maximum atomic E-state index is 12.8. The van der Waals surface area contributed by atoms with Gasteiger partial charge in [0.1, 0.15) is 0 Å². The van der Waals surface area contributed by atoms with Crippen LogP contribution in [0.3, 0.4) is 0 Å². The summed E-state index contributed by atoms with van der Waals surface area (Å²) in [5, 5.41) is 2.97. The number of ether oxygens (including phenoxy) is 1.